The van der Waals surface area contributed by atoms with E-state index in [9.17, 15) is 18.0 Å². The molecule has 154 valence electrons. The Morgan fingerprint density at radius 3 is 2.73 bits per heavy atom. The highest BCUT2D eigenvalue weighted by molar-refractivity contribution is 6.32. The number of hydrogen-bond donors (Lipinski definition) is 1. The van der Waals surface area contributed by atoms with Crippen molar-refractivity contribution in [2.75, 3.05) is 5.32 Å². The standard InChI is InChI=1S/C20H14ClF3N4O2/c1-11-8-18(25-19(29)10-15-13-4-2-3-5-17(13)30-27-15)28(26-11)16-9-12(20(22,23)24)6-7-14(16)21/h2-9H,10H2,1H3,(H,25,29). The van der Waals surface area contributed by atoms with E-state index in [2.05, 4.69) is 15.6 Å². The van der Waals surface area contributed by atoms with E-state index in [0.717, 1.165) is 18.2 Å². The molecule has 30 heavy (non-hydrogen) atoms. The van der Waals surface area contributed by atoms with Crippen LogP contribution >= 0.6 is 11.6 Å². The molecule has 2 heterocycles. The highest BCUT2D eigenvalue weighted by Crippen LogP contribution is 2.34. The molecule has 0 radical (unpaired) electrons. The van der Waals surface area contributed by atoms with Gasteiger partial charge < -0.3 is 9.84 Å². The molecule has 0 aliphatic rings. The minimum Gasteiger partial charge on any atom is -0.356 e. The second-order valence-electron chi connectivity index (χ2n) is 6.60. The number of amides is 1. The zero-order chi connectivity index (χ0) is 21.5. The molecule has 1 N–H and O–H groups in total. The molecule has 0 saturated heterocycles. The molecule has 1 amide bonds. The molecular formula is C20H14ClF3N4O2. The molecule has 0 bridgehead atoms. The monoisotopic (exact) mass is 434 g/mol. The lowest BCUT2D eigenvalue weighted by atomic mass is 10.1. The number of aromatic nitrogens is 3. The Labute approximate surface area is 173 Å². The summed E-state index contributed by atoms with van der Waals surface area (Å²) in [7, 11) is 0. The van der Waals surface area contributed by atoms with Crippen molar-refractivity contribution in [3.8, 4) is 5.69 Å². The van der Waals surface area contributed by atoms with Crippen LogP contribution in [0.2, 0.25) is 5.02 Å². The van der Waals surface area contributed by atoms with Crippen LogP contribution in [0.5, 0.6) is 0 Å². The van der Waals surface area contributed by atoms with Crippen LogP contribution in [0.15, 0.2) is 53.1 Å². The number of halogens is 4. The van der Waals surface area contributed by atoms with Crippen molar-refractivity contribution in [1.29, 1.82) is 0 Å². The minimum absolute atomic E-state index is 0.00165. The van der Waals surface area contributed by atoms with Gasteiger partial charge in [-0.3, -0.25) is 4.79 Å². The van der Waals surface area contributed by atoms with Gasteiger partial charge in [-0.05, 0) is 37.3 Å². The van der Waals surface area contributed by atoms with Crippen molar-refractivity contribution in [2.45, 2.75) is 19.5 Å². The first-order valence-electron chi connectivity index (χ1n) is 8.79. The summed E-state index contributed by atoms with van der Waals surface area (Å²) in [6.07, 6.45) is -4.63. The van der Waals surface area contributed by atoms with E-state index < -0.39 is 17.6 Å². The van der Waals surface area contributed by atoms with Crippen molar-refractivity contribution in [3.63, 3.8) is 0 Å². The Morgan fingerprint density at radius 2 is 1.97 bits per heavy atom. The number of benzene rings is 2. The normalized spacial score (nSPS) is 11.8. The van der Waals surface area contributed by atoms with Crippen LogP contribution in [0.1, 0.15) is 17.0 Å². The smallest absolute Gasteiger partial charge is 0.356 e. The molecule has 2 aromatic heterocycles. The topological polar surface area (TPSA) is 73.0 Å². The number of para-hydroxylation sites is 1. The summed E-state index contributed by atoms with van der Waals surface area (Å²) in [5.74, 6) is -0.246. The second-order valence-corrected chi connectivity index (χ2v) is 7.00. The molecular weight excluding hydrogens is 421 g/mol. The zero-order valence-electron chi connectivity index (χ0n) is 15.5. The van der Waals surface area contributed by atoms with Crippen LogP contribution < -0.4 is 5.32 Å². The van der Waals surface area contributed by atoms with Gasteiger partial charge in [0.05, 0.1) is 28.4 Å². The number of alkyl halides is 3. The number of rotatable bonds is 4. The molecule has 0 atom stereocenters. The number of carbonyl (C=O) groups is 1. The lowest BCUT2D eigenvalue weighted by molar-refractivity contribution is -0.137. The largest absolute Gasteiger partial charge is 0.416 e. The van der Waals surface area contributed by atoms with Gasteiger partial charge in [-0.1, -0.05) is 28.9 Å². The molecule has 0 fully saturated rings. The maximum absolute atomic E-state index is 13.1. The summed E-state index contributed by atoms with van der Waals surface area (Å²) >= 11 is 6.12. The van der Waals surface area contributed by atoms with Gasteiger partial charge in [0.2, 0.25) is 5.91 Å². The van der Waals surface area contributed by atoms with E-state index in [1.54, 1.807) is 31.2 Å². The van der Waals surface area contributed by atoms with Crippen molar-refractivity contribution in [1.82, 2.24) is 14.9 Å². The summed E-state index contributed by atoms with van der Waals surface area (Å²) in [5.41, 5.74) is 0.619. The predicted molar refractivity (Wildman–Crippen MR) is 105 cm³/mol. The van der Waals surface area contributed by atoms with Crippen molar-refractivity contribution in [2.24, 2.45) is 0 Å². The van der Waals surface area contributed by atoms with Gasteiger partial charge in [-0.15, -0.1) is 0 Å². The van der Waals surface area contributed by atoms with Gasteiger partial charge >= 0.3 is 6.18 Å². The van der Waals surface area contributed by atoms with Crippen LogP contribution in [0.4, 0.5) is 19.0 Å². The fourth-order valence-electron chi connectivity index (χ4n) is 3.03. The molecule has 0 spiro atoms. The van der Waals surface area contributed by atoms with Crippen LogP contribution in [0, 0.1) is 6.92 Å². The first-order chi connectivity index (χ1) is 14.2. The Bertz CT molecular complexity index is 1250. The van der Waals surface area contributed by atoms with E-state index in [1.807, 2.05) is 0 Å². The molecule has 4 aromatic rings. The van der Waals surface area contributed by atoms with Crippen LogP contribution in [-0.4, -0.2) is 20.8 Å². The van der Waals surface area contributed by atoms with Crippen LogP contribution in [0.25, 0.3) is 16.7 Å². The fraction of sp³-hybridized carbons (Fsp3) is 0.150. The first-order valence-corrected chi connectivity index (χ1v) is 9.17. The minimum atomic E-state index is -4.54. The van der Waals surface area contributed by atoms with Crippen LogP contribution in [0.3, 0.4) is 0 Å². The lowest BCUT2D eigenvalue weighted by Gasteiger charge is -2.13. The van der Waals surface area contributed by atoms with Gasteiger partial charge in [-0.25, -0.2) is 4.68 Å². The first kappa shape index (κ1) is 20.0. The third-order valence-corrected chi connectivity index (χ3v) is 4.70. The van der Waals surface area contributed by atoms with Crippen molar-refractivity contribution < 1.29 is 22.5 Å². The van der Waals surface area contributed by atoms with Gasteiger partial charge in [0, 0.05) is 11.5 Å². The summed E-state index contributed by atoms with van der Waals surface area (Å²) in [6, 6.07) is 11.6. The third-order valence-electron chi connectivity index (χ3n) is 4.38. The van der Waals surface area contributed by atoms with Gasteiger partial charge in [-0.2, -0.15) is 18.3 Å². The molecule has 10 heteroatoms. The number of anilines is 1. The highest BCUT2D eigenvalue weighted by atomic mass is 35.5. The predicted octanol–water partition coefficient (Wildman–Crippen LogP) is 5.18. The average molecular weight is 435 g/mol. The molecule has 0 aliphatic carbocycles. The van der Waals surface area contributed by atoms with Gasteiger partial charge in [0.25, 0.3) is 0 Å². The fourth-order valence-corrected chi connectivity index (χ4v) is 3.23. The van der Waals surface area contributed by atoms with Crippen molar-refractivity contribution >= 4 is 34.3 Å². The zero-order valence-corrected chi connectivity index (χ0v) is 16.3. The number of carbonyl (C=O) groups excluding carboxylic acids is 1. The summed E-state index contributed by atoms with van der Waals surface area (Å²) in [5, 5.41) is 11.5. The maximum atomic E-state index is 13.1. The van der Waals surface area contributed by atoms with Gasteiger partial charge in [0.15, 0.2) is 5.58 Å². The molecule has 0 saturated carbocycles. The maximum Gasteiger partial charge on any atom is 0.416 e. The number of fused-ring (bicyclic) bond motifs is 1. The number of hydrogen-bond acceptors (Lipinski definition) is 4. The number of nitrogens with one attached hydrogen (secondary N) is 1. The summed E-state index contributed by atoms with van der Waals surface area (Å²) in [6.45, 7) is 1.65. The number of aryl methyl sites for hydroxylation is 1. The van der Waals surface area contributed by atoms with Crippen LogP contribution in [-0.2, 0) is 17.4 Å². The molecule has 0 aliphatic heterocycles. The van der Waals surface area contributed by atoms with Gasteiger partial charge in [0.1, 0.15) is 11.5 Å². The highest BCUT2D eigenvalue weighted by Gasteiger charge is 2.31. The summed E-state index contributed by atoms with van der Waals surface area (Å²) < 4.78 is 45.7. The Morgan fingerprint density at radius 1 is 1.20 bits per heavy atom. The second kappa shape index (κ2) is 7.49. The lowest BCUT2D eigenvalue weighted by Crippen LogP contribution is -2.18. The number of nitrogens with zero attached hydrogens (tertiary/aromatic N) is 3. The molecule has 0 unspecified atom stereocenters. The SMILES string of the molecule is Cc1cc(NC(=O)Cc2noc3ccccc23)n(-c2cc(C(F)(F)F)ccc2Cl)n1. The third kappa shape index (κ3) is 3.88. The molecule has 2 aromatic carbocycles. The quantitative estimate of drug-likeness (QED) is 0.480. The van der Waals surface area contributed by atoms with E-state index >= 15 is 0 Å². The Kier molecular flexibility index (Phi) is 4.98. The Balaban J connectivity index is 1.63. The molecule has 6 nitrogen and oxygen atoms in total. The van der Waals surface area contributed by atoms with E-state index in [1.165, 1.54) is 10.7 Å². The van der Waals surface area contributed by atoms with E-state index in [0.29, 0.717) is 22.4 Å². The molecule has 4 rings (SSSR count). The van der Waals surface area contributed by atoms with E-state index in [4.69, 9.17) is 16.1 Å². The van der Waals surface area contributed by atoms with Crippen molar-refractivity contribution in [3.05, 3.63) is 70.5 Å². The van der Waals surface area contributed by atoms with E-state index in [-0.39, 0.29) is 22.9 Å². The average Bonchev–Trinajstić information content (AvgIpc) is 3.24. The summed E-state index contributed by atoms with van der Waals surface area (Å²) in [4.78, 5) is 12.6. The Hall–Kier alpha value is -3.33.